The van der Waals surface area contributed by atoms with Crippen LogP contribution in [0, 0.1) is 6.92 Å². The fourth-order valence-electron chi connectivity index (χ4n) is 1.11. The summed E-state index contributed by atoms with van der Waals surface area (Å²) in [6, 6.07) is -0.0367. The summed E-state index contributed by atoms with van der Waals surface area (Å²) < 4.78 is 0. The lowest BCUT2D eigenvalue weighted by Gasteiger charge is -2.11. The van der Waals surface area contributed by atoms with Crippen LogP contribution in [0.25, 0.3) is 0 Å². The van der Waals surface area contributed by atoms with E-state index in [1.165, 1.54) is 4.90 Å². The second-order valence-electron chi connectivity index (χ2n) is 3.61. The van der Waals surface area contributed by atoms with E-state index in [2.05, 4.69) is 10.3 Å². The van der Waals surface area contributed by atoms with Crippen molar-refractivity contribution in [2.24, 2.45) is 0 Å². The van der Waals surface area contributed by atoms with E-state index in [1.807, 2.05) is 12.3 Å². The molecule has 84 valence electrons. The third-order valence-electron chi connectivity index (χ3n) is 1.92. The van der Waals surface area contributed by atoms with E-state index >= 15 is 0 Å². The predicted octanol–water partition coefficient (Wildman–Crippen LogP) is 1.66. The Morgan fingerprint density at radius 3 is 2.87 bits per heavy atom. The number of amides is 2. The Morgan fingerprint density at radius 2 is 2.33 bits per heavy atom. The molecule has 0 aliphatic rings. The lowest BCUT2D eigenvalue weighted by atomic mass is 10.3. The monoisotopic (exact) mass is 227 g/mol. The highest BCUT2D eigenvalue weighted by atomic mass is 32.1. The van der Waals surface area contributed by atoms with E-state index in [0.29, 0.717) is 6.54 Å². The second-order valence-corrected chi connectivity index (χ2v) is 4.56. The molecule has 0 spiro atoms. The maximum atomic E-state index is 11.2. The van der Waals surface area contributed by atoms with Crippen LogP contribution in [-0.4, -0.2) is 36.6 Å². The van der Waals surface area contributed by atoms with Gasteiger partial charge >= 0.3 is 6.03 Å². The number of rotatable bonds is 4. The van der Waals surface area contributed by atoms with Crippen molar-refractivity contribution in [3.8, 4) is 0 Å². The third kappa shape index (κ3) is 4.29. The molecular weight excluding hydrogens is 210 g/mol. The molecule has 1 aromatic heterocycles. The van der Waals surface area contributed by atoms with E-state index in [4.69, 9.17) is 0 Å². The highest BCUT2D eigenvalue weighted by Crippen LogP contribution is 2.10. The molecule has 0 radical (unpaired) electrons. The average molecular weight is 227 g/mol. The van der Waals surface area contributed by atoms with Gasteiger partial charge in [-0.1, -0.05) is 0 Å². The SMILES string of the molecule is Cc1csc(CCCNC(=O)N(C)C)n1. The Morgan fingerprint density at radius 1 is 1.60 bits per heavy atom. The van der Waals surface area contributed by atoms with Crippen molar-refractivity contribution < 1.29 is 4.79 Å². The summed E-state index contributed by atoms with van der Waals surface area (Å²) in [7, 11) is 3.47. The molecule has 15 heavy (non-hydrogen) atoms. The second kappa shape index (κ2) is 5.70. The van der Waals surface area contributed by atoms with Crippen LogP contribution in [0.15, 0.2) is 5.38 Å². The van der Waals surface area contributed by atoms with Crippen molar-refractivity contribution in [1.29, 1.82) is 0 Å². The molecule has 0 atom stereocenters. The molecule has 0 saturated carbocycles. The van der Waals surface area contributed by atoms with Gasteiger partial charge < -0.3 is 10.2 Å². The first-order chi connectivity index (χ1) is 7.09. The predicted molar refractivity (Wildman–Crippen MR) is 62.3 cm³/mol. The lowest BCUT2D eigenvalue weighted by Crippen LogP contribution is -2.35. The maximum Gasteiger partial charge on any atom is 0.316 e. The smallest absolute Gasteiger partial charge is 0.316 e. The molecule has 0 fully saturated rings. The minimum Gasteiger partial charge on any atom is -0.338 e. The van der Waals surface area contributed by atoms with E-state index in [0.717, 1.165) is 23.5 Å². The number of nitrogens with one attached hydrogen (secondary N) is 1. The van der Waals surface area contributed by atoms with E-state index < -0.39 is 0 Å². The summed E-state index contributed by atoms with van der Waals surface area (Å²) in [6.45, 7) is 2.70. The van der Waals surface area contributed by atoms with Crippen LogP contribution < -0.4 is 5.32 Å². The number of carbonyl (C=O) groups excluding carboxylic acids is 1. The molecule has 4 nitrogen and oxygen atoms in total. The van der Waals surface area contributed by atoms with Crippen molar-refractivity contribution in [3.05, 3.63) is 16.1 Å². The van der Waals surface area contributed by atoms with Crippen LogP contribution in [0.5, 0.6) is 0 Å². The van der Waals surface area contributed by atoms with E-state index in [1.54, 1.807) is 25.4 Å². The van der Waals surface area contributed by atoms with Gasteiger partial charge in [0.05, 0.1) is 5.01 Å². The Balaban J connectivity index is 2.15. The summed E-state index contributed by atoms with van der Waals surface area (Å²) in [6.07, 6.45) is 1.87. The molecule has 0 unspecified atom stereocenters. The minimum atomic E-state index is -0.0367. The number of nitrogens with zero attached hydrogens (tertiary/aromatic N) is 2. The highest BCUT2D eigenvalue weighted by Gasteiger charge is 2.02. The topological polar surface area (TPSA) is 45.2 Å². The van der Waals surface area contributed by atoms with Crippen LogP contribution in [-0.2, 0) is 6.42 Å². The zero-order chi connectivity index (χ0) is 11.3. The standard InChI is InChI=1S/C10H17N3OS/c1-8-7-15-9(12-8)5-4-6-11-10(14)13(2)3/h7H,4-6H2,1-3H3,(H,11,14). The molecule has 1 rings (SSSR count). The number of aromatic nitrogens is 1. The molecule has 0 bridgehead atoms. The summed E-state index contributed by atoms with van der Waals surface area (Å²) in [5.74, 6) is 0. The van der Waals surface area contributed by atoms with Crippen molar-refractivity contribution in [1.82, 2.24) is 15.2 Å². The largest absolute Gasteiger partial charge is 0.338 e. The molecule has 0 aliphatic heterocycles. The van der Waals surface area contributed by atoms with Crippen molar-refractivity contribution in [2.45, 2.75) is 19.8 Å². The zero-order valence-electron chi connectivity index (χ0n) is 9.41. The molecule has 2 amide bonds. The van der Waals surface area contributed by atoms with Gasteiger partial charge in [-0.2, -0.15) is 0 Å². The molecule has 0 aliphatic carbocycles. The lowest BCUT2D eigenvalue weighted by molar-refractivity contribution is 0.217. The van der Waals surface area contributed by atoms with Gasteiger partial charge in [0.2, 0.25) is 0 Å². The number of carbonyl (C=O) groups is 1. The zero-order valence-corrected chi connectivity index (χ0v) is 10.2. The molecule has 1 aromatic rings. The number of urea groups is 1. The van der Waals surface area contributed by atoms with Gasteiger partial charge in [-0.25, -0.2) is 9.78 Å². The van der Waals surface area contributed by atoms with E-state index in [-0.39, 0.29) is 6.03 Å². The molecular formula is C10H17N3OS. The van der Waals surface area contributed by atoms with Gasteiger partial charge in [-0.15, -0.1) is 11.3 Å². The van der Waals surface area contributed by atoms with Crippen molar-refractivity contribution in [2.75, 3.05) is 20.6 Å². The maximum absolute atomic E-state index is 11.2. The number of aryl methyl sites for hydroxylation is 2. The minimum absolute atomic E-state index is 0.0367. The van der Waals surface area contributed by atoms with Crippen molar-refractivity contribution >= 4 is 17.4 Å². The van der Waals surface area contributed by atoms with Gasteiger partial charge in [0.25, 0.3) is 0 Å². The van der Waals surface area contributed by atoms with Crippen LogP contribution in [0.1, 0.15) is 17.1 Å². The Bertz CT molecular complexity index is 322. The Kier molecular flexibility index (Phi) is 4.55. The van der Waals surface area contributed by atoms with Gasteiger partial charge in [-0.05, 0) is 13.3 Å². The number of hydrogen-bond donors (Lipinski definition) is 1. The van der Waals surface area contributed by atoms with Gasteiger partial charge in [0.1, 0.15) is 0 Å². The van der Waals surface area contributed by atoms with Crippen LogP contribution >= 0.6 is 11.3 Å². The fourth-order valence-corrected chi connectivity index (χ4v) is 1.93. The van der Waals surface area contributed by atoms with Gasteiger partial charge in [0, 0.05) is 38.1 Å². The normalized spacial score (nSPS) is 10.1. The summed E-state index contributed by atoms with van der Waals surface area (Å²) >= 11 is 1.68. The van der Waals surface area contributed by atoms with Gasteiger partial charge in [-0.3, -0.25) is 0 Å². The third-order valence-corrected chi connectivity index (χ3v) is 2.94. The first-order valence-electron chi connectivity index (χ1n) is 4.95. The number of thiazole rings is 1. The fraction of sp³-hybridized carbons (Fsp3) is 0.600. The average Bonchev–Trinajstić information content (AvgIpc) is 2.58. The first-order valence-corrected chi connectivity index (χ1v) is 5.83. The summed E-state index contributed by atoms with van der Waals surface area (Å²) in [5.41, 5.74) is 1.08. The number of hydrogen-bond acceptors (Lipinski definition) is 3. The van der Waals surface area contributed by atoms with Crippen LogP contribution in [0.4, 0.5) is 4.79 Å². The van der Waals surface area contributed by atoms with Crippen LogP contribution in [0.2, 0.25) is 0 Å². The summed E-state index contributed by atoms with van der Waals surface area (Å²) in [4.78, 5) is 17.1. The van der Waals surface area contributed by atoms with E-state index in [9.17, 15) is 4.79 Å². The van der Waals surface area contributed by atoms with Crippen molar-refractivity contribution in [3.63, 3.8) is 0 Å². The first kappa shape index (κ1) is 12.0. The molecule has 0 saturated heterocycles. The molecule has 0 aromatic carbocycles. The molecule has 1 heterocycles. The molecule has 1 N–H and O–H groups in total. The van der Waals surface area contributed by atoms with Crippen LogP contribution in [0.3, 0.4) is 0 Å². The Labute approximate surface area is 94.3 Å². The highest BCUT2D eigenvalue weighted by molar-refractivity contribution is 7.09. The Hall–Kier alpha value is -1.10. The van der Waals surface area contributed by atoms with Gasteiger partial charge in [0.15, 0.2) is 0 Å². The summed E-state index contributed by atoms with van der Waals surface area (Å²) in [5, 5.41) is 6.02. The quantitative estimate of drug-likeness (QED) is 0.795. The molecule has 5 heteroatoms.